The van der Waals surface area contributed by atoms with Gasteiger partial charge in [-0.05, 0) is 6.92 Å². The second kappa shape index (κ2) is 11.1. The molecule has 0 amide bonds. The lowest BCUT2D eigenvalue weighted by atomic mass is 10.4. The molecule has 0 radical (unpaired) electrons. The van der Waals surface area contributed by atoms with E-state index in [1.165, 1.54) is 0 Å². The van der Waals surface area contributed by atoms with E-state index < -0.39 is 5.97 Å². The Balaban J connectivity index is 0. The second-order valence-electron chi connectivity index (χ2n) is 2.09. The van der Waals surface area contributed by atoms with Crippen LogP contribution in [0.25, 0.3) is 0 Å². The topological polar surface area (TPSA) is 87.0 Å². The Labute approximate surface area is 77.3 Å². The van der Waals surface area contributed by atoms with Gasteiger partial charge in [0.1, 0.15) is 6.61 Å². The molecule has 0 unspecified atom stereocenters. The largest absolute Gasteiger partial charge is 0.460 e. The lowest BCUT2D eigenvalue weighted by Gasteiger charge is -1.99. The van der Waals surface area contributed by atoms with Gasteiger partial charge in [-0.3, -0.25) is 0 Å². The van der Waals surface area contributed by atoms with E-state index in [4.69, 9.17) is 15.3 Å². The number of hydrogen-bond acceptors (Lipinski definition) is 5. The maximum Gasteiger partial charge on any atom is 0.333 e. The Kier molecular flexibility index (Phi) is 12.5. The zero-order valence-corrected chi connectivity index (χ0v) is 7.69. The van der Waals surface area contributed by atoms with Gasteiger partial charge in [0.05, 0.1) is 19.8 Å². The summed E-state index contributed by atoms with van der Waals surface area (Å²) in [6, 6.07) is 0. The molecule has 0 aliphatic carbocycles. The first-order valence-corrected chi connectivity index (χ1v) is 3.75. The van der Waals surface area contributed by atoms with Crippen molar-refractivity contribution < 1.29 is 24.9 Å². The van der Waals surface area contributed by atoms with Gasteiger partial charge in [-0.1, -0.05) is 6.58 Å². The number of hydrogen-bond donors (Lipinski definition) is 3. The minimum absolute atomic E-state index is 0.0473. The van der Waals surface area contributed by atoms with Crippen molar-refractivity contribution in [3.63, 3.8) is 0 Å². The molecule has 5 heteroatoms. The highest BCUT2D eigenvalue weighted by molar-refractivity contribution is 5.86. The van der Waals surface area contributed by atoms with Gasteiger partial charge in [0, 0.05) is 5.57 Å². The van der Waals surface area contributed by atoms with Crippen molar-refractivity contribution in [2.24, 2.45) is 0 Å². The van der Waals surface area contributed by atoms with Gasteiger partial charge in [-0.2, -0.15) is 0 Å². The maximum atomic E-state index is 10.5. The van der Waals surface area contributed by atoms with Crippen molar-refractivity contribution >= 4 is 5.97 Å². The van der Waals surface area contributed by atoms with Crippen LogP contribution >= 0.6 is 0 Å². The molecule has 0 aliphatic rings. The van der Waals surface area contributed by atoms with E-state index in [0.29, 0.717) is 5.57 Å². The van der Waals surface area contributed by atoms with Crippen LogP contribution in [-0.2, 0) is 9.53 Å². The quantitative estimate of drug-likeness (QED) is 0.395. The molecule has 3 N–H and O–H groups in total. The van der Waals surface area contributed by atoms with Crippen LogP contribution in [-0.4, -0.2) is 47.7 Å². The average Bonchev–Trinajstić information content (AvgIpc) is 2.14. The molecule has 0 rings (SSSR count). The summed E-state index contributed by atoms with van der Waals surface area (Å²) < 4.78 is 4.46. The molecule has 0 saturated heterocycles. The smallest absolute Gasteiger partial charge is 0.333 e. The summed E-state index contributed by atoms with van der Waals surface area (Å²) in [7, 11) is 0. The fraction of sp³-hybridized carbons (Fsp3) is 0.625. The van der Waals surface area contributed by atoms with Crippen LogP contribution in [0.1, 0.15) is 6.92 Å². The Hall–Kier alpha value is -0.910. The molecule has 0 aliphatic heterocycles. The summed E-state index contributed by atoms with van der Waals surface area (Å²) in [5.74, 6) is -0.455. The highest BCUT2D eigenvalue weighted by Gasteiger charge is 1.99. The fourth-order valence-electron chi connectivity index (χ4n) is 0.262. The van der Waals surface area contributed by atoms with E-state index in [1.807, 2.05) is 0 Å². The first-order chi connectivity index (χ1) is 6.09. The number of carbonyl (C=O) groups excluding carboxylic acids is 1. The molecule has 5 nitrogen and oxygen atoms in total. The Morgan fingerprint density at radius 2 is 1.69 bits per heavy atom. The van der Waals surface area contributed by atoms with Gasteiger partial charge in [0.15, 0.2) is 0 Å². The molecule has 13 heavy (non-hydrogen) atoms. The lowest BCUT2D eigenvalue weighted by Crippen LogP contribution is -2.08. The third-order valence-corrected chi connectivity index (χ3v) is 0.773. The van der Waals surface area contributed by atoms with Crippen molar-refractivity contribution in [2.75, 3.05) is 26.4 Å². The van der Waals surface area contributed by atoms with E-state index in [0.717, 1.165) is 0 Å². The van der Waals surface area contributed by atoms with Crippen molar-refractivity contribution in [2.45, 2.75) is 6.92 Å². The molecule has 0 saturated carbocycles. The van der Waals surface area contributed by atoms with E-state index in [-0.39, 0.29) is 26.4 Å². The van der Waals surface area contributed by atoms with E-state index >= 15 is 0 Å². The van der Waals surface area contributed by atoms with Crippen molar-refractivity contribution in [3.05, 3.63) is 12.2 Å². The van der Waals surface area contributed by atoms with Gasteiger partial charge < -0.3 is 20.1 Å². The highest BCUT2D eigenvalue weighted by Crippen LogP contribution is 1.89. The molecule has 0 fully saturated rings. The van der Waals surface area contributed by atoms with Gasteiger partial charge in [0.2, 0.25) is 0 Å². The van der Waals surface area contributed by atoms with Crippen LogP contribution in [0.5, 0.6) is 0 Å². The Morgan fingerprint density at radius 1 is 1.23 bits per heavy atom. The molecule has 0 aromatic heterocycles. The zero-order valence-electron chi connectivity index (χ0n) is 7.69. The minimum Gasteiger partial charge on any atom is -0.460 e. The van der Waals surface area contributed by atoms with Crippen LogP contribution in [0.4, 0.5) is 0 Å². The lowest BCUT2D eigenvalue weighted by molar-refractivity contribution is -0.139. The van der Waals surface area contributed by atoms with Crippen molar-refractivity contribution in [1.29, 1.82) is 0 Å². The summed E-state index contributed by atoms with van der Waals surface area (Å²) in [4.78, 5) is 10.5. The summed E-state index contributed by atoms with van der Waals surface area (Å²) in [6.45, 7) is 4.56. The first-order valence-electron chi connectivity index (χ1n) is 3.75. The van der Waals surface area contributed by atoms with Crippen LogP contribution in [0.3, 0.4) is 0 Å². The Morgan fingerprint density at radius 3 is 1.92 bits per heavy atom. The van der Waals surface area contributed by atoms with Gasteiger partial charge in [-0.15, -0.1) is 0 Å². The molecule has 78 valence electrons. The van der Waals surface area contributed by atoms with Crippen LogP contribution in [0, 0.1) is 0 Å². The summed E-state index contributed by atoms with van der Waals surface area (Å²) in [5, 5.41) is 23.4. The van der Waals surface area contributed by atoms with Crippen molar-refractivity contribution in [1.82, 2.24) is 0 Å². The van der Waals surface area contributed by atoms with Gasteiger partial charge in [0.25, 0.3) is 0 Å². The first kappa shape index (κ1) is 14.6. The van der Waals surface area contributed by atoms with Crippen LogP contribution in [0.2, 0.25) is 0 Å². The van der Waals surface area contributed by atoms with E-state index in [9.17, 15) is 4.79 Å². The number of rotatable bonds is 4. The Bertz CT molecular complexity index is 141. The predicted octanol–water partition coefficient (Wildman–Crippen LogP) is -0.931. The molecule has 0 bridgehead atoms. The summed E-state index contributed by atoms with van der Waals surface area (Å²) in [6.07, 6.45) is 0. The van der Waals surface area contributed by atoms with Gasteiger partial charge >= 0.3 is 5.97 Å². The number of ether oxygens (including phenoxy) is 1. The number of esters is 1. The van der Waals surface area contributed by atoms with E-state index in [1.54, 1.807) is 6.92 Å². The number of aliphatic hydroxyl groups excluding tert-OH is 3. The molecule has 0 aromatic carbocycles. The van der Waals surface area contributed by atoms with Gasteiger partial charge in [-0.25, -0.2) is 4.79 Å². The second-order valence-corrected chi connectivity index (χ2v) is 2.09. The average molecular weight is 192 g/mol. The third-order valence-electron chi connectivity index (χ3n) is 0.773. The number of carbonyl (C=O) groups is 1. The predicted molar refractivity (Wildman–Crippen MR) is 47.0 cm³/mol. The highest BCUT2D eigenvalue weighted by atomic mass is 16.5. The zero-order chi connectivity index (χ0) is 10.7. The number of aliphatic hydroxyl groups is 3. The van der Waals surface area contributed by atoms with E-state index in [2.05, 4.69) is 11.3 Å². The summed E-state index contributed by atoms with van der Waals surface area (Å²) in [5.41, 5.74) is 0.350. The SMILES string of the molecule is C=C(C)C(=O)OCCO.OCCO. The molecule has 0 heterocycles. The molecule has 0 aromatic rings. The maximum absolute atomic E-state index is 10.5. The van der Waals surface area contributed by atoms with Crippen LogP contribution < -0.4 is 0 Å². The summed E-state index contributed by atoms with van der Waals surface area (Å²) >= 11 is 0. The molecule has 0 atom stereocenters. The fourth-order valence-corrected chi connectivity index (χ4v) is 0.262. The van der Waals surface area contributed by atoms with Crippen molar-refractivity contribution in [3.8, 4) is 0 Å². The van der Waals surface area contributed by atoms with Crippen LogP contribution in [0.15, 0.2) is 12.2 Å². The standard InChI is InChI=1S/C6H10O3.C2H6O2/c1-5(2)6(8)9-4-3-7;3-1-2-4/h7H,1,3-4H2,2H3;3-4H,1-2H2. The molecule has 0 spiro atoms. The normalized spacial score (nSPS) is 8.31. The monoisotopic (exact) mass is 192 g/mol. The third kappa shape index (κ3) is 14.0. The molecular formula is C8H16O5. The minimum atomic E-state index is -0.455. The molecular weight excluding hydrogens is 176 g/mol.